The van der Waals surface area contributed by atoms with Crippen LogP contribution in [0, 0.1) is 0 Å². The topological polar surface area (TPSA) is 75.6 Å². The van der Waals surface area contributed by atoms with Crippen molar-refractivity contribution in [1.82, 2.24) is 4.72 Å². The highest BCUT2D eigenvalue weighted by molar-refractivity contribution is 7.89. The number of methoxy groups -OCH3 is 1. The summed E-state index contributed by atoms with van der Waals surface area (Å²) < 4.78 is 32.0. The number of hydrogen-bond acceptors (Lipinski definition) is 4. The fourth-order valence-electron chi connectivity index (χ4n) is 2.01. The molecule has 0 saturated heterocycles. The van der Waals surface area contributed by atoms with E-state index >= 15 is 0 Å². The van der Waals surface area contributed by atoms with Crippen molar-refractivity contribution in [2.24, 2.45) is 0 Å². The molecule has 1 saturated carbocycles. The minimum atomic E-state index is -3.61. The Hall–Kier alpha value is -1.11. The summed E-state index contributed by atoms with van der Waals surface area (Å²) in [5.41, 5.74) is -0.679. The molecule has 2 rings (SSSR count). The van der Waals surface area contributed by atoms with Crippen molar-refractivity contribution in [3.8, 4) is 5.75 Å². The Balaban J connectivity index is 2.24. The molecule has 1 aliphatic carbocycles. The predicted molar refractivity (Wildman–Crippen MR) is 67.0 cm³/mol. The molecule has 0 bridgehead atoms. The standard InChI is InChI=1S/C12H17NO4S/c1-17-10-4-2-5-11(8-10)18(15,16)13-12(9-14)6-3-7-12/h2,4-5,8,13-14H,3,6-7,9H2,1H3. The predicted octanol–water partition coefficient (Wildman–Crippen LogP) is 0.888. The molecule has 0 heterocycles. The highest BCUT2D eigenvalue weighted by Gasteiger charge is 2.40. The van der Waals surface area contributed by atoms with Gasteiger partial charge in [-0.2, -0.15) is 0 Å². The lowest BCUT2D eigenvalue weighted by Gasteiger charge is -2.40. The van der Waals surface area contributed by atoms with Crippen molar-refractivity contribution in [2.75, 3.05) is 13.7 Å². The van der Waals surface area contributed by atoms with E-state index in [1.165, 1.54) is 19.2 Å². The molecule has 2 N–H and O–H groups in total. The van der Waals surface area contributed by atoms with Crippen LogP contribution < -0.4 is 9.46 Å². The first-order valence-corrected chi connectivity index (χ1v) is 7.29. The van der Waals surface area contributed by atoms with Gasteiger partial charge < -0.3 is 9.84 Å². The molecule has 6 heteroatoms. The molecular formula is C12H17NO4S. The molecule has 0 aliphatic heterocycles. The average molecular weight is 271 g/mol. The van der Waals surface area contributed by atoms with Gasteiger partial charge in [-0.15, -0.1) is 0 Å². The van der Waals surface area contributed by atoms with Crippen molar-refractivity contribution in [3.05, 3.63) is 24.3 Å². The Morgan fingerprint density at radius 2 is 2.17 bits per heavy atom. The van der Waals surface area contributed by atoms with Gasteiger partial charge in [-0.25, -0.2) is 13.1 Å². The SMILES string of the molecule is COc1cccc(S(=O)(=O)NC2(CO)CCC2)c1. The molecule has 5 nitrogen and oxygen atoms in total. The molecule has 0 atom stereocenters. The summed E-state index contributed by atoms with van der Waals surface area (Å²) in [6.07, 6.45) is 2.28. The van der Waals surface area contributed by atoms with E-state index in [1.54, 1.807) is 12.1 Å². The van der Waals surface area contributed by atoms with Crippen molar-refractivity contribution >= 4 is 10.0 Å². The first-order chi connectivity index (χ1) is 8.51. The third-order valence-electron chi connectivity index (χ3n) is 3.32. The summed E-state index contributed by atoms with van der Waals surface area (Å²) in [4.78, 5) is 0.154. The van der Waals surface area contributed by atoms with E-state index in [-0.39, 0.29) is 11.5 Å². The van der Waals surface area contributed by atoms with Gasteiger partial charge in [-0.05, 0) is 31.4 Å². The van der Waals surface area contributed by atoms with Gasteiger partial charge in [0.2, 0.25) is 10.0 Å². The minimum absolute atomic E-state index is 0.154. The number of sulfonamides is 1. The fraction of sp³-hybridized carbons (Fsp3) is 0.500. The van der Waals surface area contributed by atoms with E-state index in [0.29, 0.717) is 18.6 Å². The maximum absolute atomic E-state index is 12.2. The van der Waals surface area contributed by atoms with Crippen LogP contribution >= 0.6 is 0 Å². The minimum Gasteiger partial charge on any atom is -0.497 e. The zero-order valence-electron chi connectivity index (χ0n) is 10.2. The van der Waals surface area contributed by atoms with E-state index in [9.17, 15) is 13.5 Å². The van der Waals surface area contributed by atoms with Gasteiger partial charge in [-0.1, -0.05) is 6.07 Å². The molecule has 0 spiro atoms. The van der Waals surface area contributed by atoms with Crippen LogP contribution in [0.1, 0.15) is 19.3 Å². The Kier molecular flexibility index (Phi) is 3.61. The van der Waals surface area contributed by atoms with Gasteiger partial charge in [0.1, 0.15) is 5.75 Å². The molecule has 1 fully saturated rings. The third kappa shape index (κ3) is 2.50. The molecule has 0 radical (unpaired) electrons. The fourth-order valence-corrected chi connectivity index (χ4v) is 3.49. The zero-order valence-corrected chi connectivity index (χ0v) is 11.0. The lowest BCUT2D eigenvalue weighted by Crippen LogP contribution is -2.55. The summed E-state index contributed by atoms with van der Waals surface area (Å²) >= 11 is 0. The number of aliphatic hydroxyl groups is 1. The van der Waals surface area contributed by atoms with Crippen molar-refractivity contribution in [3.63, 3.8) is 0 Å². The van der Waals surface area contributed by atoms with Gasteiger partial charge in [0.15, 0.2) is 0 Å². The third-order valence-corrected chi connectivity index (χ3v) is 4.89. The number of aliphatic hydroxyl groups excluding tert-OH is 1. The summed E-state index contributed by atoms with van der Waals surface area (Å²) in [6.45, 7) is -0.170. The van der Waals surface area contributed by atoms with Crippen molar-refractivity contribution in [1.29, 1.82) is 0 Å². The number of ether oxygens (including phenoxy) is 1. The van der Waals surface area contributed by atoms with Crippen LogP contribution in [-0.4, -0.2) is 32.8 Å². The largest absolute Gasteiger partial charge is 0.497 e. The Morgan fingerprint density at radius 3 is 2.67 bits per heavy atom. The lowest BCUT2D eigenvalue weighted by molar-refractivity contribution is 0.110. The van der Waals surface area contributed by atoms with Gasteiger partial charge >= 0.3 is 0 Å². The second kappa shape index (κ2) is 4.87. The van der Waals surface area contributed by atoms with Gasteiger partial charge in [-0.3, -0.25) is 0 Å². The van der Waals surface area contributed by atoms with E-state index in [1.807, 2.05) is 0 Å². The molecule has 0 unspecified atom stereocenters. The molecule has 0 amide bonds. The summed E-state index contributed by atoms with van der Waals surface area (Å²) in [5, 5.41) is 9.30. The second-order valence-electron chi connectivity index (χ2n) is 4.58. The monoisotopic (exact) mass is 271 g/mol. The molecule has 18 heavy (non-hydrogen) atoms. The maximum Gasteiger partial charge on any atom is 0.241 e. The second-order valence-corrected chi connectivity index (χ2v) is 6.26. The van der Waals surface area contributed by atoms with Crippen LogP contribution in [-0.2, 0) is 10.0 Å². The first-order valence-electron chi connectivity index (χ1n) is 5.80. The van der Waals surface area contributed by atoms with Gasteiger partial charge in [0.25, 0.3) is 0 Å². The van der Waals surface area contributed by atoms with Gasteiger partial charge in [0, 0.05) is 6.07 Å². The van der Waals surface area contributed by atoms with Crippen LogP contribution in [0.4, 0.5) is 0 Å². The van der Waals surface area contributed by atoms with E-state index in [2.05, 4.69) is 4.72 Å². The Labute approximate surface area is 107 Å². The van der Waals surface area contributed by atoms with Crippen LogP contribution in [0.3, 0.4) is 0 Å². The van der Waals surface area contributed by atoms with Crippen LogP contribution in [0.2, 0.25) is 0 Å². The normalized spacial score (nSPS) is 18.1. The molecule has 1 aromatic carbocycles. The van der Waals surface area contributed by atoms with Crippen LogP contribution in [0.25, 0.3) is 0 Å². The molecule has 1 aromatic rings. The first kappa shape index (κ1) is 13.3. The molecule has 100 valence electrons. The Morgan fingerprint density at radius 1 is 1.44 bits per heavy atom. The number of hydrogen-bond donors (Lipinski definition) is 2. The van der Waals surface area contributed by atoms with E-state index in [0.717, 1.165) is 6.42 Å². The zero-order chi connectivity index (χ0) is 13.2. The molecule has 1 aliphatic rings. The van der Waals surface area contributed by atoms with Crippen molar-refractivity contribution < 1.29 is 18.3 Å². The van der Waals surface area contributed by atoms with E-state index < -0.39 is 15.6 Å². The maximum atomic E-state index is 12.2. The average Bonchev–Trinajstić information content (AvgIpc) is 2.34. The molecule has 0 aromatic heterocycles. The van der Waals surface area contributed by atoms with E-state index in [4.69, 9.17) is 4.74 Å². The summed E-state index contributed by atoms with van der Waals surface area (Å²) in [7, 11) is -2.13. The smallest absolute Gasteiger partial charge is 0.241 e. The van der Waals surface area contributed by atoms with Gasteiger partial charge in [0.05, 0.1) is 24.2 Å². The number of nitrogens with one attached hydrogen (secondary N) is 1. The van der Waals surface area contributed by atoms with Crippen LogP contribution in [0.15, 0.2) is 29.2 Å². The Bertz CT molecular complexity index is 517. The highest BCUT2D eigenvalue weighted by atomic mass is 32.2. The molecular weight excluding hydrogens is 254 g/mol. The number of benzene rings is 1. The van der Waals surface area contributed by atoms with Crippen molar-refractivity contribution in [2.45, 2.75) is 29.7 Å². The summed E-state index contributed by atoms with van der Waals surface area (Å²) in [6, 6.07) is 6.28. The highest BCUT2D eigenvalue weighted by Crippen LogP contribution is 2.33. The van der Waals surface area contributed by atoms with Crippen LogP contribution in [0.5, 0.6) is 5.75 Å². The quantitative estimate of drug-likeness (QED) is 0.834. The number of rotatable bonds is 5. The lowest BCUT2D eigenvalue weighted by atomic mass is 9.78. The summed E-state index contributed by atoms with van der Waals surface area (Å²) in [5.74, 6) is 0.490.